The first-order chi connectivity index (χ1) is 10.0. The van der Waals surface area contributed by atoms with E-state index in [-0.39, 0.29) is 42.0 Å². The summed E-state index contributed by atoms with van der Waals surface area (Å²) in [6.07, 6.45) is 1.50. The first-order valence-corrected chi connectivity index (χ1v) is 7.10. The van der Waals surface area contributed by atoms with Gasteiger partial charge in [-0.1, -0.05) is 11.8 Å². The topological polar surface area (TPSA) is 96.8 Å². The Kier molecular flexibility index (Phi) is 4.92. The zero-order chi connectivity index (χ0) is 15.4. The average molecular weight is 310 g/mol. The summed E-state index contributed by atoms with van der Waals surface area (Å²) >= 11 is 1.01. The third-order valence-electron chi connectivity index (χ3n) is 2.98. The molecule has 8 heteroatoms. The van der Waals surface area contributed by atoms with Crippen molar-refractivity contribution in [1.82, 2.24) is 9.88 Å². The van der Waals surface area contributed by atoms with Crippen LogP contribution in [0, 0.1) is 0 Å². The van der Waals surface area contributed by atoms with E-state index in [4.69, 9.17) is 9.84 Å². The molecule has 1 atom stereocenters. The molecule has 7 nitrogen and oxygen atoms in total. The number of amides is 2. The normalized spacial score (nSPS) is 18.3. The van der Waals surface area contributed by atoms with E-state index in [1.54, 1.807) is 0 Å². The second kappa shape index (κ2) is 6.68. The lowest BCUT2D eigenvalue weighted by Crippen LogP contribution is -2.34. The van der Waals surface area contributed by atoms with Crippen LogP contribution in [0.4, 0.5) is 0 Å². The molecule has 0 aromatic carbocycles. The molecule has 0 radical (unpaired) electrons. The first kappa shape index (κ1) is 15.5. The predicted octanol–water partition coefficient (Wildman–Crippen LogP) is 0.646. The lowest BCUT2D eigenvalue weighted by Gasteiger charge is -2.14. The first-order valence-electron chi connectivity index (χ1n) is 6.22. The minimum atomic E-state index is -1.11. The van der Waals surface area contributed by atoms with E-state index < -0.39 is 11.2 Å². The predicted molar refractivity (Wildman–Crippen MR) is 74.1 cm³/mol. The highest BCUT2D eigenvalue weighted by Gasteiger charge is 2.39. The molecule has 0 spiro atoms. The van der Waals surface area contributed by atoms with Gasteiger partial charge in [0, 0.05) is 19.7 Å². The molecule has 1 aliphatic rings. The van der Waals surface area contributed by atoms with Gasteiger partial charge in [-0.2, -0.15) is 0 Å². The zero-order valence-corrected chi connectivity index (χ0v) is 12.1. The van der Waals surface area contributed by atoms with Crippen molar-refractivity contribution in [3.05, 3.63) is 23.9 Å². The fourth-order valence-electron chi connectivity index (χ4n) is 1.94. The number of pyridine rings is 1. The van der Waals surface area contributed by atoms with E-state index in [1.165, 1.54) is 25.4 Å². The fraction of sp³-hybridized carbons (Fsp3) is 0.385. The Labute approximate surface area is 125 Å². The van der Waals surface area contributed by atoms with Crippen LogP contribution in [0.1, 0.15) is 16.8 Å². The van der Waals surface area contributed by atoms with E-state index in [0.717, 1.165) is 16.7 Å². The summed E-state index contributed by atoms with van der Waals surface area (Å²) in [4.78, 5) is 40.2. The number of carboxylic acids is 1. The molecule has 2 amide bonds. The molecule has 2 rings (SSSR count). The van der Waals surface area contributed by atoms with Gasteiger partial charge in [0.2, 0.25) is 11.8 Å². The van der Waals surface area contributed by atoms with E-state index in [2.05, 4.69) is 4.98 Å². The summed E-state index contributed by atoms with van der Waals surface area (Å²) in [6.45, 7) is 0.484. The van der Waals surface area contributed by atoms with Crippen molar-refractivity contribution < 1.29 is 24.2 Å². The molecule has 0 unspecified atom stereocenters. The Morgan fingerprint density at radius 1 is 1.57 bits per heavy atom. The minimum absolute atomic E-state index is 0.0260. The third-order valence-corrected chi connectivity index (χ3v) is 4.18. The van der Waals surface area contributed by atoms with E-state index >= 15 is 0 Å². The van der Waals surface area contributed by atoms with E-state index in [1.807, 2.05) is 0 Å². The standard InChI is InChI=1S/C13H14N2O5S/c1-20-6-5-15-10(16)7-9(12(15)17)21-11-8(13(18)19)3-2-4-14-11/h2-4,9H,5-7H2,1H3,(H,18,19)/t9-/m0/s1. The van der Waals surface area contributed by atoms with Crippen LogP contribution < -0.4 is 0 Å². The number of carbonyl (C=O) groups excluding carboxylic acids is 2. The van der Waals surface area contributed by atoms with Crippen LogP contribution in [0.3, 0.4) is 0 Å². The number of ether oxygens (including phenoxy) is 1. The molecular formula is C13H14N2O5S. The van der Waals surface area contributed by atoms with Gasteiger partial charge in [-0.15, -0.1) is 0 Å². The maximum absolute atomic E-state index is 12.2. The summed E-state index contributed by atoms with van der Waals surface area (Å²) in [5.74, 6) is -1.72. The maximum atomic E-state index is 12.2. The number of likely N-dealkylation sites (tertiary alicyclic amines) is 1. The summed E-state index contributed by atoms with van der Waals surface area (Å²) < 4.78 is 4.86. The van der Waals surface area contributed by atoms with Crippen LogP contribution in [0.15, 0.2) is 23.4 Å². The Bertz CT molecular complexity index is 577. The lowest BCUT2D eigenvalue weighted by molar-refractivity contribution is -0.138. The van der Waals surface area contributed by atoms with E-state index in [9.17, 15) is 14.4 Å². The number of hydrogen-bond donors (Lipinski definition) is 1. The molecule has 0 aliphatic carbocycles. The molecule has 21 heavy (non-hydrogen) atoms. The number of carbonyl (C=O) groups is 3. The molecular weight excluding hydrogens is 296 g/mol. The van der Waals surface area contributed by atoms with Crippen molar-refractivity contribution in [2.45, 2.75) is 16.7 Å². The number of methoxy groups -OCH3 is 1. The van der Waals surface area contributed by atoms with Crippen molar-refractivity contribution in [3.63, 3.8) is 0 Å². The van der Waals surface area contributed by atoms with E-state index in [0.29, 0.717) is 0 Å². The highest BCUT2D eigenvalue weighted by atomic mass is 32.2. The molecule has 1 N–H and O–H groups in total. The Hall–Kier alpha value is -1.93. The largest absolute Gasteiger partial charge is 0.478 e. The number of thioether (sulfide) groups is 1. The van der Waals surface area contributed by atoms with Crippen LogP contribution in [-0.4, -0.2) is 58.3 Å². The van der Waals surface area contributed by atoms with Crippen molar-refractivity contribution in [2.75, 3.05) is 20.3 Å². The number of aromatic nitrogens is 1. The SMILES string of the molecule is COCCN1C(=O)C[C@H](Sc2ncccc2C(=O)O)C1=O. The van der Waals surface area contributed by atoms with Gasteiger partial charge in [-0.25, -0.2) is 9.78 Å². The van der Waals surface area contributed by atoms with Gasteiger partial charge in [-0.05, 0) is 12.1 Å². The molecule has 112 valence electrons. The highest BCUT2D eigenvalue weighted by Crippen LogP contribution is 2.32. The summed E-state index contributed by atoms with van der Waals surface area (Å²) in [5.41, 5.74) is 0.0260. The smallest absolute Gasteiger partial charge is 0.338 e. The average Bonchev–Trinajstić information content (AvgIpc) is 2.72. The van der Waals surface area contributed by atoms with Crippen molar-refractivity contribution in [3.8, 4) is 0 Å². The summed E-state index contributed by atoms with van der Waals surface area (Å²) in [7, 11) is 1.49. The molecule has 1 aliphatic heterocycles. The van der Waals surface area contributed by atoms with Gasteiger partial charge in [-0.3, -0.25) is 14.5 Å². The Morgan fingerprint density at radius 3 is 3.00 bits per heavy atom. The zero-order valence-electron chi connectivity index (χ0n) is 11.3. The third kappa shape index (κ3) is 3.40. The van der Waals surface area contributed by atoms with Gasteiger partial charge in [0.05, 0.1) is 24.0 Å². The molecule has 1 saturated heterocycles. The van der Waals surface area contributed by atoms with Crippen LogP contribution in [0.2, 0.25) is 0 Å². The highest BCUT2D eigenvalue weighted by molar-refractivity contribution is 8.00. The summed E-state index contributed by atoms with van der Waals surface area (Å²) in [5, 5.41) is 8.70. The van der Waals surface area contributed by atoms with Crippen LogP contribution in [-0.2, 0) is 14.3 Å². The molecule has 1 aromatic heterocycles. The number of carboxylic acid groups (broad SMARTS) is 1. The molecule has 2 heterocycles. The Balaban J connectivity index is 2.13. The number of rotatable bonds is 6. The molecule has 1 fully saturated rings. The van der Waals surface area contributed by atoms with Crippen LogP contribution in [0.25, 0.3) is 0 Å². The van der Waals surface area contributed by atoms with Gasteiger partial charge < -0.3 is 9.84 Å². The second-order valence-electron chi connectivity index (χ2n) is 4.35. The van der Waals surface area contributed by atoms with Gasteiger partial charge in [0.1, 0.15) is 5.03 Å². The van der Waals surface area contributed by atoms with Gasteiger partial charge in [0.15, 0.2) is 0 Å². The Morgan fingerprint density at radius 2 is 2.33 bits per heavy atom. The molecule has 0 saturated carbocycles. The number of aromatic carboxylic acids is 1. The van der Waals surface area contributed by atoms with Crippen molar-refractivity contribution in [2.24, 2.45) is 0 Å². The summed E-state index contributed by atoms with van der Waals surface area (Å²) in [6, 6.07) is 2.93. The number of nitrogens with zero attached hydrogens (tertiary/aromatic N) is 2. The number of imide groups is 1. The monoisotopic (exact) mass is 310 g/mol. The van der Waals surface area contributed by atoms with Crippen LogP contribution in [0.5, 0.6) is 0 Å². The van der Waals surface area contributed by atoms with Gasteiger partial charge in [0.25, 0.3) is 0 Å². The maximum Gasteiger partial charge on any atom is 0.338 e. The van der Waals surface area contributed by atoms with Crippen LogP contribution >= 0.6 is 11.8 Å². The molecule has 1 aromatic rings. The lowest BCUT2D eigenvalue weighted by atomic mass is 10.3. The van der Waals surface area contributed by atoms with Gasteiger partial charge >= 0.3 is 5.97 Å². The minimum Gasteiger partial charge on any atom is -0.478 e. The van der Waals surface area contributed by atoms with Crippen molar-refractivity contribution in [1.29, 1.82) is 0 Å². The van der Waals surface area contributed by atoms with Crippen molar-refractivity contribution >= 4 is 29.5 Å². The molecule has 0 bridgehead atoms. The fourth-order valence-corrected chi connectivity index (χ4v) is 3.07. The number of hydrogen-bond acceptors (Lipinski definition) is 6. The second-order valence-corrected chi connectivity index (χ2v) is 5.54. The quantitative estimate of drug-likeness (QED) is 0.770.